The summed E-state index contributed by atoms with van der Waals surface area (Å²) in [5, 5.41) is 1.25. The van der Waals surface area contributed by atoms with E-state index < -0.39 is 0 Å². The fraction of sp³-hybridized carbons (Fsp3) is 0.417. The average Bonchev–Trinajstić information content (AvgIpc) is 3.61. The summed E-state index contributed by atoms with van der Waals surface area (Å²) in [7, 11) is 0. The summed E-state index contributed by atoms with van der Waals surface area (Å²) in [5.74, 6) is 1.75. The van der Waals surface area contributed by atoms with Gasteiger partial charge in [0.15, 0.2) is 0 Å². The summed E-state index contributed by atoms with van der Waals surface area (Å²) in [6.45, 7) is 8.26. The van der Waals surface area contributed by atoms with E-state index in [2.05, 4.69) is 98.6 Å². The van der Waals surface area contributed by atoms with Gasteiger partial charge in [0.25, 0.3) is 0 Å². The van der Waals surface area contributed by atoms with Gasteiger partial charge in [0.1, 0.15) is 17.9 Å². The summed E-state index contributed by atoms with van der Waals surface area (Å²) >= 11 is 0. The van der Waals surface area contributed by atoms with Crippen molar-refractivity contribution in [2.24, 2.45) is 11.8 Å². The average molecular weight is 549 g/mol. The number of nitrogens with zero attached hydrogens (tertiary/aromatic N) is 1. The molecule has 3 heterocycles. The topological polar surface area (TPSA) is 54.6 Å². The lowest BCUT2D eigenvalue weighted by Gasteiger charge is -2.45. The van der Waals surface area contributed by atoms with Gasteiger partial charge in [0, 0.05) is 35.5 Å². The van der Waals surface area contributed by atoms with Gasteiger partial charge in [-0.2, -0.15) is 0 Å². The lowest BCUT2D eigenvalue weighted by molar-refractivity contribution is -0.0221. The molecule has 41 heavy (non-hydrogen) atoms. The van der Waals surface area contributed by atoms with Crippen molar-refractivity contribution in [3.8, 4) is 5.75 Å². The largest absolute Gasteiger partial charge is 0.493 e. The molecule has 5 heteroatoms. The Hall–Kier alpha value is -3.73. The van der Waals surface area contributed by atoms with Crippen molar-refractivity contribution >= 4 is 17.0 Å². The molecule has 3 aromatic carbocycles. The van der Waals surface area contributed by atoms with E-state index in [0.717, 1.165) is 54.6 Å². The van der Waals surface area contributed by atoms with Crippen LogP contribution in [0.3, 0.4) is 0 Å². The molecule has 4 aromatic rings. The first-order valence-electron chi connectivity index (χ1n) is 15.3. The van der Waals surface area contributed by atoms with Crippen molar-refractivity contribution in [3.63, 3.8) is 0 Å². The van der Waals surface area contributed by atoms with Crippen LogP contribution in [0.15, 0.2) is 72.8 Å². The molecule has 1 aromatic heterocycles. The van der Waals surface area contributed by atoms with Crippen molar-refractivity contribution < 1.29 is 14.3 Å². The minimum Gasteiger partial charge on any atom is -0.493 e. The van der Waals surface area contributed by atoms with Crippen LogP contribution in [0, 0.1) is 11.8 Å². The molecule has 0 saturated heterocycles. The van der Waals surface area contributed by atoms with Gasteiger partial charge >= 0.3 is 6.09 Å². The summed E-state index contributed by atoms with van der Waals surface area (Å²) in [5.41, 5.74) is 7.05. The number of hydrogen-bond donors (Lipinski definition) is 1. The van der Waals surface area contributed by atoms with Gasteiger partial charge in [-0.1, -0.05) is 81.8 Å². The molecule has 1 aliphatic carbocycles. The molecule has 1 N–H and O–H groups in total. The first kappa shape index (κ1) is 26.2. The minimum atomic E-state index is -0.230. The molecule has 0 radical (unpaired) electrons. The highest BCUT2D eigenvalue weighted by Gasteiger charge is 2.44. The molecule has 1 saturated carbocycles. The van der Waals surface area contributed by atoms with Gasteiger partial charge < -0.3 is 14.5 Å². The standard InChI is InChI=1S/C36H40N2O3/c1-23-13-15-29(36(2,3)26-9-5-4-6-10-26)32(21-23)41-35(39)38-19-17-28-27-11-7-8-12-30(27)37-33(28)34(38)25-14-16-31-24(22-25)18-20-40-31/h4-12,14,16,22-23,29,32,34,37H,13,15,17-21H2,1-3H3/t23-,29-,32-,34-/m1/s1. The zero-order valence-electron chi connectivity index (χ0n) is 24.4. The predicted octanol–water partition coefficient (Wildman–Crippen LogP) is 7.97. The Bertz CT molecular complexity index is 1570. The van der Waals surface area contributed by atoms with Gasteiger partial charge in [-0.25, -0.2) is 4.79 Å². The third-order valence-electron chi connectivity index (χ3n) is 10.0. The van der Waals surface area contributed by atoms with Gasteiger partial charge in [0.05, 0.1) is 6.61 Å². The normalized spacial score (nSPS) is 24.0. The van der Waals surface area contributed by atoms with E-state index in [-0.39, 0.29) is 29.6 Å². The van der Waals surface area contributed by atoms with Crippen molar-refractivity contribution in [1.82, 2.24) is 9.88 Å². The lowest BCUT2D eigenvalue weighted by atomic mass is 9.64. The van der Waals surface area contributed by atoms with Gasteiger partial charge in [-0.3, -0.25) is 4.90 Å². The Morgan fingerprint density at radius 1 is 1.00 bits per heavy atom. The Kier molecular flexibility index (Phi) is 6.56. The number of benzene rings is 3. The Balaban J connectivity index is 1.24. The third-order valence-corrected chi connectivity index (χ3v) is 10.0. The monoisotopic (exact) mass is 548 g/mol. The van der Waals surface area contributed by atoms with E-state index in [1.165, 1.54) is 22.1 Å². The van der Waals surface area contributed by atoms with Crippen molar-refractivity contribution in [2.45, 2.75) is 70.4 Å². The summed E-state index contributed by atoms with van der Waals surface area (Å²) in [6.07, 6.45) is 4.50. The second-order valence-corrected chi connectivity index (χ2v) is 12.9. The number of fused-ring (bicyclic) bond motifs is 4. The zero-order chi connectivity index (χ0) is 28.1. The number of hydrogen-bond acceptors (Lipinski definition) is 3. The maximum Gasteiger partial charge on any atom is 0.410 e. The van der Waals surface area contributed by atoms with Gasteiger partial charge in [-0.15, -0.1) is 0 Å². The smallest absolute Gasteiger partial charge is 0.410 e. The lowest BCUT2D eigenvalue weighted by Crippen LogP contribution is -2.47. The maximum absolute atomic E-state index is 14.3. The minimum absolute atomic E-state index is 0.0992. The van der Waals surface area contributed by atoms with Crippen LogP contribution >= 0.6 is 0 Å². The summed E-state index contributed by atoms with van der Waals surface area (Å²) in [6, 6.07) is 25.4. The molecule has 5 nitrogen and oxygen atoms in total. The molecule has 3 aliphatic rings. The van der Waals surface area contributed by atoms with Crippen LogP contribution in [0.25, 0.3) is 10.9 Å². The van der Waals surface area contributed by atoms with Crippen LogP contribution in [0.1, 0.15) is 74.0 Å². The second-order valence-electron chi connectivity index (χ2n) is 12.9. The van der Waals surface area contributed by atoms with Crippen molar-refractivity contribution in [1.29, 1.82) is 0 Å². The predicted molar refractivity (Wildman–Crippen MR) is 162 cm³/mol. The zero-order valence-corrected chi connectivity index (χ0v) is 24.4. The van der Waals surface area contributed by atoms with Crippen LogP contribution in [0.2, 0.25) is 0 Å². The first-order valence-corrected chi connectivity index (χ1v) is 15.3. The molecular weight excluding hydrogens is 508 g/mol. The molecular formula is C36H40N2O3. The highest BCUT2D eigenvalue weighted by atomic mass is 16.6. The Morgan fingerprint density at radius 2 is 1.80 bits per heavy atom. The highest BCUT2D eigenvalue weighted by Crippen LogP contribution is 2.45. The molecule has 0 bridgehead atoms. The van der Waals surface area contributed by atoms with Crippen LogP contribution in [0.5, 0.6) is 5.75 Å². The van der Waals surface area contributed by atoms with Crippen LogP contribution in [0.4, 0.5) is 4.79 Å². The molecule has 0 spiro atoms. The van der Waals surface area contributed by atoms with Gasteiger partial charge in [-0.05, 0) is 71.0 Å². The third kappa shape index (κ3) is 4.60. The van der Waals surface area contributed by atoms with Crippen LogP contribution in [-0.4, -0.2) is 35.2 Å². The fourth-order valence-electron chi connectivity index (χ4n) is 7.72. The Labute approximate surface area is 242 Å². The number of ether oxygens (including phenoxy) is 2. The van der Waals surface area contributed by atoms with E-state index in [1.54, 1.807) is 0 Å². The molecule has 7 rings (SSSR count). The van der Waals surface area contributed by atoms with E-state index in [9.17, 15) is 4.79 Å². The molecule has 1 amide bonds. The number of rotatable bonds is 4. The van der Waals surface area contributed by atoms with E-state index >= 15 is 0 Å². The van der Waals surface area contributed by atoms with E-state index in [1.807, 2.05) is 4.90 Å². The number of carbonyl (C=O) groups is 1. The van der Waals surface area contributed by atoms with Gasteiger partial charge in [0.2, 0.25) is 0 Å². The molecule has 4 atom stereocenters. The number of amides is 1. The van der Waals surface area contributed by atoms with Crippen LogP contribution in [-0.2, 0) is 23.0 Å². The maximum atomic E-state index is 14.3. The second kappa shape index (κ2) is 10.3. The Morgan fingerprint density at radius 3 is 2.66 bits per heavy atom. The van der Waals surface area contributed by atoms with Crippen molar-refractivity contribution in [2.75, 3.05) is 13.2 Å². The number of aromatic amines is 1. The summed E-state index contributed by atoms with van der Waals surface area (Å²) < 4.78 is 12.4. The SMILES string of the molecule is C[C@@H]1CC[C@@H](C(C)(C)c2ccccc2)[C@H](OC(=O)N2CCc3c([nH]c4ccccc34)[C@H]2c2ccc3c(c2)CCO3)C1. The van der Waals surface area contributed by atoms with Crippen molar-refractivity contribution in [3.05, 3.63) is 101 Å². The molecule has 2 aliphatic heterocycles. The quantitative estimate of drug-likeness (QED) is 0.281. The number of para-hydroxylation sites is 1. The first-order chi connectivity index (χ1) is 19.9. The fourth-order valence-corrected chi connectivity index (χ4v) is 7.72. The number of aromatic nitrogens is 1. The molecule has 212 valence electrons. The highest BCUT2D eigenvalue weighted by molar-refractivity contribution is 5.86. The van der Waals surface area contributed by atoms with E-state index in [0.29, 0.717) is 19.1 Å². The van der Waals surface area contributed by atoms with E-state index in [4.69, 9.17) is 9.47 Å². The van der Waals surface area contributed by atoms with Crippen LogP contribution < -0.4 is 4.74 Å². The summed E-state index contributed by atoms with van der Waals surface area (Å²) in [4.78, 5) is 20.0. The molecule has 1 fully saturated rings. The number of carbonyl (C=O) groups excluding carboxylic acids is 1. The number of nitrogens with one attached hydrogen (secondary N) is 1. The number of H-pyrrole nitrogens is 1. The molecule has 0 unspecified atom stereocenters.